The molecule has 2 nitrogen and oxygen atoms in total. The summed E-state index contributed by atoms with van der Waals surface area (Å²) in [4.78, 5) is 2.57. The van der Waals surface area contributed by atoms with Gasteiger partial charge in [-0.1, -0.05) is 6.92 Å². The van der Waals surface area contributed by atoms with Gasteiger partial charge in [0.25, 0.3) is 0 Å². The Hall–Kier alpha value is -0.0800. The zero-order valence-corrected chi connectivity index (χ0v) is 8.97. The molecule has 1 saturated heterocycles. The van der Waals surface area contributed by atoms with Crippen LogP contribution in [0.15, 0.2) is 0 Å². The summed E-state index contributed by atoms with van der Waals surface area (Å²) in [5.41, 5.74) is 0.586. The third-order valence-electron chi connectivity index (χ3n) is 3.61. The van der Waals surface area contributed by atoms with Crippen molar-refractivity contribution in [3.63, 3.8) is 0 Å². The van der Waals surface area contributed by atoms with Gasteiger partial charge in [0, 0.05) is 12.6 Å². The van der Waals surface area contributed by atoms with Crippen LogP contribution in [0.4, 0.5) is 0 Å². The van der Waals surface area contributed by atoms with Crippen molar-refractivity contribution in [2.75, 3.05) is 26.7 Å². The van der Waals surface area contributed by atoms with Gasteiger partial charge in [0.15, 0.2) is 0 Å². The SMILES string of the molecule is CN(CC1(C)CCNCC1)C1CC1. The fourth-order valence-corrected chi connectivity index (χ4v) is 2.43. The van der Waals surface area contributed by atoms with E-state index in [1.54, 1.807) is 0 Å². The Kier molecular flexibility index (Phi) is 2.61. The van der Waals surface area contributed by atoms with Gasteiger partial charge in [-0.2, -0.15) is 0 Å². The van der Waals surface area contributed by atoms with Crippen LogP contribution in [0.3, 0.4) is 0 Å². The van der Waals surface area contributed by atoms with Crippen molar-refractivity contribution < 1.29 is 0 Å². The Bertz CT molecular complexity index is 169. The summed E-state index contributed by atoms with van der Waals surface area (Å²) in [6.07, 6.45) is 5.57. The van der Waals surface area contributed by atoms with Gasteiger partial charge in [-0.3, -0.25) is 0 Å². The highest BCUT2D eigenvalue weighted by Gasteiger charge is 2.33. The third kappa shape index (κ3) is 2.44. The lowest BCUT2D eigenvalue weighted by Gasteiger charge is -2.37. The molecule has 0 bridgehead atoms. The highest BCUT2D eigenvalue weighted by atomic mass is 15.2. The van der Waals surface area contributed by atoms with Crippen LogP contribution in [0.1, 0.15) is 32.6 Å². The maximum atomic E-state index is 3.44. The minimum atomic E-state index is 0.586. The van der Waals surface area contributed by atoms with Crippen molar-refractivity contribution in [3.8, 4) is 0 Å². The van der Waals surface area contributed by atoms with Crippen molar-refractivity contribution >= 4 is 0 Å². The van der Waals surface area contributed by atoms with Gasteiger partial charge in [0.2, 0.25) is 0 Å². The summed E-state index contributed by atoms with van der Waals surface area (Å²) in [5.74, 6) is 0. The molecule has 1 aliphatic carbocycles. The lowest BCUT2D eigenvalue weighted by molar-refractivity contribution is 0.143. The molecule has 2 rings (SSSR count). The van der Waals surface area contributed by atoms with E-state index in [1.165, 1.54) is 45.3 Å². The van der Waals surface area contributed by atoms with E-state index >= 15 is 0 Å². The highest BCUT2D eigenvalue weighted by molar-refractivity contribution is 4.89. The number of nitrogens with one attached hydrogen (secondary N) is 1. The lowest BCUT2D eigenvalue weighted by Crippen LogP contribution is -2.42. The first-order chi connectivity index (χ1) is 6.20. The standard InChI is InChI=1S/C11H22N2/c1-11(5-7-12-8-6-11)9-13(2)10-3-4-10/h10,12H,3-9H2,1-2H3. The van der Waals surface area contributed by atoms with E-state index in [-0.39, 0.29) is 0 Å². The molecule has 0 atom stereocenters. The molecule has 0 unspecified atom stereocenters. The molecule has 2 heteroatoms. The van der Waals surface area contributed by atoms with Crippen molar-refractivity contribution in [1.29, 1.82) is 0 Å². The van der Waals surface area contributed by atoms with Crippen LogP contribution >= 0.6 is 0 Å². The summed E-state index contributed by atoms with van der Waals surface area (Å²) in [5, 5.41) is 3.44. The largest absolute Gasteiger partial charge is 0.317 e. The second-order valence-corrected chi connectivity index (χ2v) is 5.21. The van der Waals surface area contributed by atoms with Gasteiger partial charge in [-0.15, -0.1) is 0 Å². The second-order valence-electron chi connectivity index (χ2n) is 5.21. The Balaban J connectivity index is 1.82. The second kappa shape index (κ2) is 3.58. The first-order valence-electron chi connectivity index (χ1n) is 5.61. The molecule has 13 heavy (non-hydrogen) atoms. The average Bonchev–Trinajstić information content (AvgIpc) is 2.86. The average molecular weight is 182 g/mol. The van der Waals surface area contributed by atoms with Gasteiger partial charge in [0.1, 0.15) is 0 Å². The van der Waals surface area contributed by atoms with Crippen LogP contribution in [-0.4, -0.2) is 37.6 Å². The molecule has 1 N–H and O–H groups in total. The smallest absolute Gasteiger partial charge is 0.00936 e. The monoisotopic (exact) mass is 182 g/mol. The molecule has 0 aromatic heterocycles. The van der Waals surface area contributed by atoms with E-state index in [9.17, 15) is 0 Å². The maximum Gasteiger partial charge on any atom is 0.00936 e. The van der Waals surface area contributed by atoms with E-state index in [2.05, 4.69) is 24.2 Å². The molecule has 1 aliphatic heterocycles. The maximum absolute atomic E-state index is 3.44. The normalized spacial score (nSPS) is 27.9. The Morgan fingerprint density at radius 1 is 1.31 bits per heavy atom. The van der Waals surface area contributed by atoms with Crippen LogP contribution in [0.5, 0.6) is 0 Å². The van der Waals surface area contributed by atoms with Crippen LogP contribution in [0, 0.1) is 5.41 Å². The third-order valence-corrected chi connectivity index (χ3v) is 3.61. The van der Waals surface area contributed by atoms with Crippen LogP contribution in [0.2, 0.25) is 0 Å². The van der Waals surface area contributed by atoms with Crippen molar-refractivity contribution in [3.05, 3.63) is 0 Å². The van der Waals surface area contributed by atoms with E-state index < -0.39 is 0 Å². The Labute approximate surface area is 81.7 Å². The molecule has 2 aliphatic rings. The summed E-state index contributed by atoms with van der Waals surface area (Å²) >= 11 is 0. The van der Waals surface area contributed by atoms with Gasteiger partial charge < -0.3 is 10.2 Å². The molecule has 0 radical (unpaired) electrons. The number of rotatable bonds is 3. The topological polar surface area (TPSA) is 15.3 Å². The van der Waals surface area contributed by atoms with Gasteiger partial charge in [-0.25, -0.2) is 0 Å². The molecule has 0 aromatic rings. The molecule has 76 valence electrons. The van der Waals surface area contributed by atoms with Crippen LogP contribution < -0.4 is 5.32 Å². The van der Waals surface area contributed by atoms with Crippen LogP contribution in [-0.2, 0) is 0 Å². The van der Waals surface area contributed by atoms with Crippen molar-refractivity contribution in [2.24, 2.45) is 5.41 Å². The summed E-state index contributed by atoms with van der Waals surface area (Å²) in [6, 6.07) is 0.923. The molecule has 0 amide bonds. The minimum Gasteiger partial charge on any atom is -0.317 e. The van der Waals surface area contributed by atoms with Gasteiger partial charge in [-0.05, 0) is 51.2 Å². The van der Waals surface area contributed by atoms with Crippen molar-refractivity contribution in [2.45, 2.75) is 38.6 Å². The number of hydrogen-bond acceptors (Lipinski definition) is 2. The van der Waals surface area contributed by atoms with E-state index in [0.29, 0.717) is 5.41 Å². The summed E-state index contributed by atoms with van der Waals surface area (Å²) < 4.78 is 0. The van der Waals surface area contributed by atoms with Crippen LogP contribution in [0.25, 0.3) is 0 Å². The number of piperidine rings is 1. The molecule has 0 spiro atoms. The van der Waals surface area contributed by atoms with E-state index in [1.807, 2.05) is 0 Å². The fraction of sp³-hybridized carbons (Fsp3) is 1.00. The first kappa shape index (κ1) is 9.47. The van der Waals surface area contributed by atoms with Crippen molar-refractivity contribution in [1.82, 2.24) is 10.2 Å². The molecule has 1 heterocycles. The lowest BCUT2D eigenvalue weighted by atomic mass is 9.80. The Morgan fingerprint density at radius 2 is 1.92 bits per heavy atom. The first-order valence-corrected chi connectivity index (χ1v) is 5.61. The molecular weight excluding hydrogens is 160 g/mol. The molecule has 0 aromatic carbocycles. The predicted octanol–water partition coefficient (Wildman–Crippen LogP) is 1.47. The minimum absolute atomic E-state index is 0.586. The molecule has 2 fully saturated rings. The zero-order chi connectivity index (χ0) is 9.31. The molecular formula is C11H22N2. The Morgan fingerprint density at radius 3 is 2.46 bits per heavy atom. The highest BCUT2D eigenvalue weighted by Crippen LogP contribution is 2.33. The summed E-state index contributed by atoms with van der Waals surface area (Å²) in [7, 11) is 2.30. The van der Waals surface area contributed by atoms with E-state index in [0.717, 1.165) is 6.04 Å². The fourth-order valence-electron chi connectivity index (χ4n) is 2.43. The predicted molar refractivity (Wildman–Crippen MR) is 55.9 cm³/mol. The quantitative estimate of drug-likeness (QED) is 0.711. The number of hydrogen-bond donors (Lipinski definition) is 1. The van der Waals surface area contributed by atoms with E-state index in [4.69, 9.17) is 0 Å². The van der Waals surface area contributed by atoms with Gasteiger partial charge >= 0.3 is 0 Å². The zero-order valence-electron chi connectivity index (χ0n) is 8.97. The van der Waals surface area contributed by atoms with Gasteiger partial charge in [0.05, 0.1) is 0 Å². The summed E-state index contributed by atoms with van der Waals surface area (Å²) in [6.45, 7) is 6.19. The number of nitrogens with zero attached hydrogens (tertiary/aromatic N) is 1. The molecule has 1 saturated carbocycles.